The topological polar surface area (TPSA) is 68.2 Å². The Morgan fingerprint density at radius 1 is 1.43 bits per heavy atom. The molecule has 0 unspecified atom stereocenters. The molecule has 23 heavy (non-hydrogen) atoms. The molecule has 3 rings (SSSR count). The summed E-state index contributed by atoms with van der Waals surface area (Å²) < 4.78 is 7.47. The molecule has 0 aliphatic carbocycles. The summed E-state index contributed by atoms with van der Waals surface area (Å²) in [5, 5.41) is 10.5. The molecule has 0 fully saturated rings. The van der Waals surface area contributed by atoms with Crippen LogP contribution in [0.1, 0.15) is 24.9 Å². The lowest BCUT2D eigenvalue weighted by Gasteiger charge is -2.27. The fourth-order valence-corrected chi connectivity index (χ4v) is 2.76. The van der Waals surface area contributed by atoms with E-state index < -0.39 is 0 Å². The average molecular weight is 314 g/mol. The molecule has 1 aliphatic heterocycles. The fourth-order valence-electron chi connectivity index (χ4n) is 2.76. The minimum atomic E-state index is -0.000909. The second-order valence-electron chi connectivity index (χ2n) is 5.81. The maximum Gasteiger partial charge on any atom is 0.234 e. The van der Waals surface area contributed by atoms with E-state index in [1.54, 1.807) is 6.20 Å². The number of aromatic nitrogens is 2. The van der Waals surface area contributed by atoms with Gasteiger partial charge in [0.25, 0.3) is 0 Å². The molecule has 2 N–H and O–H groups in total. The van der Waals surface area contributed by atoms with Crippen LogP contribution in [0.25, 0.3) is 0 Å². The lowest BCUT2D eigenvalue weighted by atomic mass is 10.0. The summed E-state index contributed by atoms with van der Waals surface area (Å²) in [7, 11) is 0. The van der Waals surface area contributed by atoms with E-state index in [2.05, 4.69) is 15.7 Å². The summed E-state index contributed by atoms with van der Waals surface area (Å²) in [6.45, 7) is 3.70. The van der Waals surface area contributed by atoms with Crippen LogP contribution in [0.4, 0.5) is 0 Å². The Balaban J connectivity index is 1.48. The van der Waals surface area contributed by atoms with Gasteiger partial charge >= 0.3 is 0 Å². The highest BCUT2D eigenvalue weighted by atomic mass is 16.5. The van der Waals surface area contributed by atoms with Gasteiger partial charge in [0.1, 0.15) is 5.75 Å². The van der Waals surface area contributed by atoms with Crippen LogP contribution in [-0.4, -0.2) is 34.9 Å². The van der Waals surface area contributed by atoms with E-state index in [0.717, 1.165) is 24.3 Å². The van der Waals surface area contributed by atoms with Gasteiger partial charge in [-0.3, -0.25) is 9.48 Å². The SMILES string of the molecule is C[C@H](Cn1cccn1)NCC(=O)N[C@@H]1CCOc2ccccc21. The number of carbonyl (C=O) groups is 1. The number of hydrogen-bond donors (Lipinski definition) is 2. The standard InChI is InChI=1S/C17H22N4O2/c1-13(12-21-9-4-8-19-21)18-11-17(22)20-15-7-10-23-16-6-3-2-5-14(15)16/h2-6,8-9,13,15,18H,7,10-12H2,1H3,(H,20,22)/t13-,15-/m1/s1. The van der Waals surface area contributed by atoms with E-state index in [1.807, 2.05) is 48.1 Å². The Morgan fingerprint density at radius 3 is 3.13 bits per heavy atom. The third-order valence-corrected chi connectivity index (χ3v) is 3.92. The number of hydrogen-bond acceptors (Lipinski definition) is 4. The number of amides is 1. The van der Waals surface area contributed by atoms with Gasteiger partial charge in [-0.1, -0.05) is 18.2 Å². The van der Waals surface area contributed by atoms with Gasteiger partial charge in [0.05, 0.1) is 25.7 Å². The van der Waals surface area contributed by atoms with E-state index in [0.29, 0.717) is 13.2 Å². The van der Waals surface area contributed by atoms with Gasteiger partial charge in [-0.05, 0) is 19.1 Å². The van der Waals surface area contributed by atoms with Crippen LogP contribution in [0.2, 0.25) is 0 Å². The molecule has 1 amide bonds. The summed E-state index contributed by atoms with van der Waals surface area (Å²) in [6, 6.07) is 9.95. The second-order valence-corrected chi connectivity index (χ2v) is 5.81. The smallest absolute Gasteiger partial charge is 0.234 e. The molecule has 0 bridgehead atoms. The van der Waals surface area contributed by atoms with E-state index in [-0.39, 0.29) is 18.0 Å². The van der Waals surface area contributed by atoms with Crippen molar-refractivity contribution in [2.24, 2.45) is 0 Å². The molecule has 122 valence electrons. The van der Waals surface area contributed by atoms with E-state index in [1.165, 1.54) is 0 Å². The fraction of sp³-hybridized carbons (Fsp3) is 0.412. The largest absolute Gasteiger partial charge is 0.493 e. The Morgan fingerprint density at radius 2 is 2.30 bits per heavy atom. The minimum absolute atomic E-state index is 0.000909. The van der Waals surface area contributed by atoms with Crippen LogP contribution < -0.4 is 15.4 Å². The lowest BCUT2D eigenvalue weighted by Crippen LogP contribution is -2.41. The predicted molar refractivity (Wildman–Crippen MR) is 87.1 cm³/mol. The van der Waals surface area contributed by atoms with Gasteiger partial charge in [-0.15, -0.1) is 0 Å². The molecule has 2 heterocycles. The Bertz CT molecular complexity index is 642. The average Bonchev–Trinajstić information content (AvgIpc) is 3.06. The summed E-state index contributed by atoms with van der Waals surface area (Å²) >= 11 is 0. The Labute approximate surface area is 135 Å². The Kier molecular flexibility index (Phi) is 4.92. The van der Waals surface area contributed by atoms with Crippen LogP contribution in [0.5, 0.6) is 5.75 Å². The molecule has 1 aromatic carbocycles. The van der Waals surface area contributed by atoms with Gasteiger partial charge in [0.2, 0.25) is 5.91 Å². The molecule has 1 aliphatic rings. The van der Waals surface area contributed by atoms with Crippen LogP contribution in [-0.2, 0) is 11.3 Å². The maximum atomic E-state index is 12.2. The molecule has 6 heteroatoms. The van der Waals surface area contributed by atoms with Crippen molar-refractivity contribution in [2.45, 2.75) is 32.0 Å². The molecular weight excluding hydrogens is 292 g/mol. The molecule has 0 saturated heterocycles. The molecule has 2 aromatic rings. The van der Waals surface area contributed by atoms with E-state index in [9.17, 15) is 4.79 Å². The predicted octanol–water partition coefficient (Wildman–Crippen LogP) is 1.50. The van der Waals surface area contributed by atoms with Crippen molar-refractivity contribution in [1.29, 1.82) is 0 Å². The normalized spacial score (nSPS) is 17.9. The number of rotatable bonds is 6. The van der Waals surface area contributed by atoms with Crippen molar-refractivity contribution in [3.8, 4) is 5.75 Å². The highest BCUT2D eigenvalue weighted by Crippen LogP contribution is 2.31. The monoisotopic (exact) mass is 314 g/mol. The zero-order valence-corrected chi connectivity index (χ0v) is 13.2. The van der Waals surface area contributed by atoms with Gasteiger partial charge in [0, 0.05) is 30.4 Å². The number of para-hydroxylation sites is 1. The van der Waals surface area contributed by atoms with Crippen molar-refractivity contribution in [3.05, 3.63) is 48.3 Å². The first-order valence-corrected chi connectivity index (χ1v) is 7.94. The lowest BCUT2D eigenvalue weighted by molar-refractivity contribution is -0.121. The quantitative estimate of drug-likeness (QED) is 0.848. The van der Waals surface area contributed by atoms with Crippen molar-refractivity contribution in [2.75, 3.05) is 13.2 Å². The molecule has 1 aromatic heterocycles. The van der Waals surface area contributed by atoms with Gasteiger partial charge in [0.15, 0.2) is 0 Å². The summed E-state index contributed by atoms with van der Waals surface area (Å²) in [6.07, 6.45) is 4.46. The first-order valence-electron chi connectivity index (χ1n) is 7.94. The first kappa shape index (κ1) is 15.6. The summed E-state index contributed by atoms with van der Waals surface area (Å²) in [5.41, 5.74) is 1.05. The van der Waals surface area contributed by atoms with E-state index >= 15 is 0 Å². The zero-order chi connectivity index (χ0) is 16.1. The van der Waals surface area contributed by atoms with E-state index in [4.69, 9.17) is 4.74 Å². The van der Waals surface area contributed by atoms with Gasteiger partial charge in [-0.2, -0.15) is 5.10 Å². The van der Waals surface area contributed by atoms with Gasteiger partial charge < -0.3 is 15.4 Å². The number of fused-ring (bicyclic) bond motifs is 1. The number of carbonyl (C=O) groups excluding carboxylic acids is 1. The minimum Gasteiger partial charge on any atom is -0.493 e. The number of nitrogens with one attached hydrogen (secondary N) is 2. The number of nitrogens with zero attached hydrogens (tertiary/aromatic N) is 2. The highest BCUT2D eigenvalue weighted by molar-refractivity contribution is 5.78. The molecule has 0 radical (unpaired) electrons. The molecule has 6 nitrogen and oxygen atoms in total. The Hall–Kier alpha value is -2.34. The molecule has 2 atom stereocenters. The molecular formula is C17H22N4O2. The third-order valence-electron chi connectivity index (χ3n) is 3.92. The number of ether oxygens (including phenoxy) is 1. The van der Waals surface area contributed by atoms with Crippen LogP contribution >= 0.6 is 0 Å². The van der Waals surface area contributed by atoms with Crippen LogP contribution in [0.3, 0.4) is 0 Å². The second kappa shape index (κ2) is 7.28. The zero-order valence-electron chi connectivity index (χ0n) is 13.2. The molecule has 0 spiro atoms. The maximum absolute atomic E-state index is 12.2. The third kappa shape index (κ3) is 4.10. The van der Waals surface area contributed by atoms with Crippen molar-refractivity contribution in [1.82, 2.24) is 20.4 Å². The van der Waals surface area contributed by atoms with Crippen LogP contribution in [0.15, 0.2) is 42.7 Å². The highest BCUT2D eigenvalue weighted by Gasteiger charge is 2.22. The van der Waals surface area contributed by atoms with Crippen molar-refractivity contribution < 1.29 is 9.53 Å². The number of benzene rings is 1. The summed E-state index contributed by atoms with van der Waals surface area (Å²) in [4.78, 5) is 12.2. The molecule has 0 saturated carbocycles. The first-order chi connectivity index (χ1) is 11.2. The van der Waals surface area contributed by atoms with Crippen LogP contribution in [0, 0.1) is 0 Å². The van der Waals surface area contributed by atoms with Crippen molar-refractivity contribution in [3.63, 3.8) is 0 Å². The summed E-state index contributed by atoms with van der Waals surface area (Å²) in [5.74, 6) is 0.864. The van der Waals surface area contributed by atoms with Gasteiger partial charge in [-0.25, -0.2) is 0 Å². The van der Waals surface area contributed by atoms with Crippen molar-refractivity contribution >= 4 is 5.91 Å².